The summed E-state index contributed by atoms with van der Waals surface area (Å²) in [4.78, 5) is 22.2. The van der Waals surface area contributed by atoms with E-state index in [-0.39, 0.29) is 30.5 Å². The standard InChI is InChI=1S/C11H17FO3/c1-7(2)9(13)8-3-5-11(12,6-4-8)10(14)15/h7-8H,3-6H2,1-2H3,(H,14,15)/t8-,11+. The normalized spacial score (nSPS) is 31.6. The Morgan fingerprint density at radius 1 is 1.33 bits per heavy atom. The first kappa shape index (κ1) is 12.1. The number of carbonyl (C=O) groups is 2. The van der Waals surface area contributed by atoms with Crippen molar-refractivity contribution in [3.05, 3.63) is 0 Å². The second-order valence-electron chi connectivity index (χ2n) is 4.60. The van der Waals surface area contributed by atoms with Gasteiger partial charge in [0.25, 0.3) is 0 Å². The molecule has 1 N–H and O–H groups in total. The van der Waals surface area contributed by atoms with Gasteiger partial charge in [-0.1, -0.05) is 13.8 Å². The number of hydrogen-bond acceptors (Lipinski definition) is 2. The van der Waals surface area contributed by atoms with Gasteiger partial charge in [0.15, 0.2) is 0 Å². The molecule has 1 fully saturated rings. The first-order chi connectivity index (χ1) is 6.87. The zero-order chi connectivity index (χ0) is 11.6. The highest BCUT2D eigenvalue weighted by molar-refractivity contribution is 5.84. The second-order valence-corrected chi connectivity index (χ2v) is 4.60. The third-order valence-corrected chi connectivity index (χ3v) is 3.13. The quantitative estimate of drug-likeness (QED) is 0.786. The maximum atomic E-state index is 13.6. The number of aliphatic carboxylic acids is 1. The molecule has 0 unspecified atom stereocenters. The molecule has 0 bridgehead atoms. The molecule has 0 saturated heterocycles. The molecule has 1 aliphatic rings. The van der Waals surface area contributed by atoms with Crippen LogP contribution in [0.1, 0.15) is 39.5 Å². The summed E-state index contributed by atoms with van der Waals surface area (Å²) in [6.45, 7) is 3.63. The van der Waals surface area contributed by atoms with Gasteiger partial charge in [-0.2, -0.15) is 0 Å². The Labute approximate surface area is 88.7 Å². The van der Waals surface area contributed by atoms with Crippen molar-refractivity contribution in [2.24, 2.45) is 11.8 Å². The molecule has 1 aliphatic carbocycles. The van der Waals surface area contributed by atoms with Gasteiger partial charge in [-0.3, -0.25) is 4.79 Å². The van der Waals surface area contributed by atoms with Crippen molar-refractivity contribution in [3.63, 3.8) is 0 Å². The molecule has 4 heteroatoms. The van der Waals surface area contributed by atoms with Crippen LogP contribution >= 0.6 is 0 Å². The molecule has 0 aromatic rings. The number of rotatable bonds is 3. The average Bonchev–Trinajstić information content (AvgIpc) is 2.17. The van der Waals surface area contributed by atoms with E-state index in [9.17, 15) is 14.0 Å². The second kappa shape index (κ2) is 4.29. The summed E-state index contributed by atoms with van der Waals surface area (Å²) in [7, 11) is 0. The van der Waals surface area contributed by atoms with Crippen molar-refractivity contribution in [1.29, 1.82) is 0 Å². The molecule has 0 aromatic heterocycles. The number of carbonyl (C=O) groups excluding carboxylic acids is 1. The summed E-state index contributed by atoms with van der Waals surface area (Å²) >= 11 is 0. The first-order valence-electron chi connectivity index (χ1n) is 5.33. The molecule has 86 valence electrons. The third-order valence-electron chi connectivity index (χ3n) is 3.13. The Morgan fingerprint density at radius 3 is 2.13 bits per heavy atom. The topological polar surface area (TPSA) is 54.4 Å². The number of alkyl halides is 1. The molecule has 1 rings (SSSR count). The van der Waals surface area contributed by atoms with E-state index in [0.717, 1.165) is 0 Å². The smallest absolute Gasteiger partial charge is 0.341 e. The van der Waals surface area contributed by atoms with E-state index < -0.39 is 11.6 Å². The molecule has 0 heterocycles. The van der Waals surface area contributed by atoms with Gasteiger partial charge in [0.2, 0.25) is 5.67 Å². The van der Waals surface area contributed by atoms with Crippen molar-refractivity contribution in [2.45, 2.75) is 45.2 Å². The summed E-state index contributed by atoms with van der Waals surface area (Å²) in [6, 6.07) is 0. The van der Waals surface area contributed by atoms with Gasteiger partial charge in [0, 0.05) is 11.8 Å². The lowest BCUT2D eigenvalue weighted by Gasteiger charge is -2.30. The van der Waals surface area contributed by atoms with Crippen LogP contribution in [0.5, 0.6) is 0 Å². The molecule has 0 spiro atoms. The zero-order valence-corrected chi connectivity index (χ0v) is 9.12. The van der Waals surface area contributed by atoms with Gasteiger partial charge >= 0.3 is 5.97 Å². The molecular weight excluding hydrogens is 199 g/mol. The summed E-state index contributed by atoms with van der Waals surface area (Å²) in [5, 5.41) is 8.67. The van der Waals surface area contributed by atoms with E-state index in [1.165, 1.54) is 0 Å². The number of Topliss-reactive ketones (excluding diaryl/α,β-unsaturated/α-hetero) is 1. The fourth-order valence-corrected chi connectivity index (χ4v) is 2.05. The zero-order valence-electron chi connectivity index (χ0n) is 9.12. The van der Waals surface area contributed by atoms with E-state index in [1.807, 2.05) is 13.8 Å². The number of halogens is 1. The number of ketones is 1. The number of hydrogen-bond donors (Lipinski definition) is 1. The Morgan fingerprint density at radius 2 is 1.80 bits per heavy atom. The minimum Gasteiger partial charge on any atom is -0.479 e. The highest BCUT2D eigenvalue weighted by atomic mass is 19.1. The van der Waals surface area contributed by atoms with Gasteiger partial charge in [-0.05, 0) is 25.7 Å². The summed E-state index contributed by atoms with van der Waals surface area (Å²) in [5.74, 6) is -1.46. The highest BCUT2D eigenvalue weighted by Crippen LogP contribution is 2.36. The molecule has 0 aliphatic heterocycles. The average molecular weight is 216 g/mol. The van der Waals surface area contributed by atoms with Crippen molar-refractivity contribution in [3.8, 4) is 0 Å². The van der Waals surface area contributed by atoms with Crippen LogP contribution in [0.25, 0.3) is 0 Å². The van der Waals surface area contributed by atoms with E-state index in [2.05, 4.69) is 0 Å². The Hall–Kier alpha value is -0.930. The maximum absolute atomic E-state index is 13.6. The lowest BCUT2D eigenvalue weighted by Crippen LogP contribution is -2.39. The Balaban J connectivity index is 2.56. The van der Waals surface area contributed by atoms with Crippen LogP contribution in [0.15, 0.2) is 0 Å². The van der Waals surface area contributed by atoms with Crippen molar-refractivity contribution >= 4 is 11.8 Å². The SMILES string of the molecule is CC(C)C(=O)[C@H]1CC[C@](F)(C(=O)O)CC1. The highest BCUT2D eigenvalue weighted by Gasteiger charge is 2.43. The lowest BCUT2D eigenvalue weighted by atomic mass is 9.76. The predicted molar refractivity (Wildman–Crippen MR) is 53.3 cm³/mol. The third kappa shape index (κ3) is 2.55. The van der Waals surface area contributed by atoms with Crippen LogP contribution < -0.4 is 0 Å². The molecule has 0 radical (unpaired) electrons. The minimum atomic E-state index is -2.10. The van der Waals surface area contributed by atoms with Crippen LogP contribution in [-0.2, 0) is 9.59 Å². The van der Waals surface area contributed by atoms with Crippen LogP contribution in [0.3, 0.4) is 0 Å². The van der Waals surface area contributed by atoms with Gasteiger partial charge < -0.3 is 5.11 Å². The lowest BCUT2D eigenvalue weighted by molar-refractivity contribution is -0.154. The molecule has 0 atom stereocenters. The predicted octanol–water partition coefficient (Wildman–Crippen LogP) is 2.19. The summed E-state index contributed by atoms with van der Waals surface area (Å²) in [6.07, 6.45) is 0.649. The fourth-order valence-electron chi connectivity index (χ4n) is 2.05. The number of carboxylic acids is 1. The van der Waals surface area contributed by atoms with E-state index in [4.69, 9.17) is 5.11 Å². The Kier molecular flexibility index (Phi) is 3.47. The van der Waals surface area contributed by atoms with Crippen molar-refractivity contribution < 1.29 is 19.1 Å². The molecular formula is C11H17FO3. The van der Waals surface area contributed by atoms with E-state index >= 15 is 0 Å². The monoisotopic (exact) mass is 216 g/mol. The van der Waals surface area contributed by atoms with Crippen molar-refractivity contribution in [1.82, 2.24) is 0 Å². The Bertz CT molecular complexity index is 265. The van der Waals surface area contributed by atoms with Gasteiger partial charge in [0.05, 0.1) is 0 Å². The number of carboxylic acid groups (broad SMARTS) is 1. The first-order valence-corrected chi connectivity index (χ1v) is 5.33. The van der Waals surface area contributed by atoms with Crippen molar-refractivity contribution in [2.75, 3.05) is 0 Å². The van der Waals surface area contributed by atoms with Gasteiger partial charge in [0.1, 0.15) is 5.78 Å². The van der Waals surface area contributed by atoms with Gasteiger partial charge in [-0.25, -0.2) is 9.18 Å². The fraction of sp³-hybridized carbons (Fsp3) is 0.818. The van der Waals surface area contributed by atoms with Gasteiger partial charge in [-0.15, -0.1) is 0 Å². The van der Waals surface area contributed by atoms with Crippen LogP contribution in [0.4, 0.5) is 4.39 Å². The van der Waals surface area contributed by atoms with E-state index in [1.54, 1.807) is 0 Å². The summed E-state index contributed by atoms with van der Waals surface area (Å²) < 4.78 is 13.6. The van der Waals surface area contributed by atoms with Crippen LogP contribution in [-0.4, -0.2) is 22.5 Å². The molecule has 0 aromatic carbocycles. The van der Waals surface area contributed by atoms with Crippen LogP contribution in [0.2, 0.25) is 0 Å². The maximum Gasteiger partial charge on any atom is 0.341 e. The summed E-state index contributed by atoms with van der Waals surface area (Å²) in [5.41, 5.74) is -2.10. The molecule has 0 amide bonds. The molecule has 15 heavy (non-hydrogen) atoms. The molecule has 1 saturated carbocycles. The van der Waals surface area contributed by atoms with E-state index in [0.29, 0.717) is 12.8 Å². The largest absolute Gasteiger partial charge is 0.479 e. The molecule has 3 nitrogen and oxygen atoms in total. The minimum absolute atomic E-state index is 0.0362. The van der Waals surface area contributed by atoms with Crippen LogP contribution in [0, 0.1) is 11.8 Å².